The molecule has 3 rings (SSSR count). The van der Waals surface area contributed by atoms with Crippen LogP contribution in [0.15, 0.2) is 76.2 Å². The highest BCUT2D eigenvalue weighted by molar-refractivity contribution is 9.10. The lowest BCUT2D eigenvalue weighted by Gasteiger charge is -2.09. The van der Waals surface area contributed by atoms with E-state index in [-0.39, 0.29) is 5.82 Å². The van der Waals surface area contributed by atoms with Crippen LogP contribution in [0, 0.1) is 5.82 Å². The lowest BCUT2D eigenvalue weighted by Crippen LogP contribution is -1.96. The lowest BCUT2D eigenvalue weighted by molar-refractivity contribution is 0.304. The second-order valence-electron chi connectivity index (χ2n) is 5.88. The fourth-order valence-corrected chi connectivity index (χ4v) is 2.93. The highest BCUT2D eigenvalue weighted by Crippen LogP contribution is 2.26. The summed E-state index contributed by atoms with van der Waals surface area (Å²) in [6, 6.07) is 20.3. The smallest absolute Gasteiger partial charge is 0.134 e. The van der Waals surface area contributed by atoms with Crippen molar-refractivity contribution in [1.82, 2.24) is 0 Å². The Hall–Kier alpha value is -2.46. The van der Waals surface area contributed by atoms with Gasteiger partial charge in [0.1, 0.15) is 18.2 Å². The summed E-state index contributed by atoms with van der Waals surface area (Å²) in [5, 5.41) is 0. The van der Waals surface area contributed by atoms with Crippen LogP contribution in [0.3, 0.4) is 0 Å². The summed E-state index contributed by atoms with van der Waals surface area (Å²) in [6.07, 6.45) is 2.85. The van der Waals surface area contributed by atoms with Crippen molar-refractivity contribution in [3.05, 3.63) is 93.7 Å². The van der Waals surface area contributed by atoms with Crippen LogP contribution < -0.4 is 4.74 Å². The van der Waals surface area contributed by atoms with Crippen molar-refractivity contribution in [3.8, 4) is 5.75 Å². The number of halogens is 2. The molecule has 0 aliphatic carbocycles. The van der Waals surface area contributed by atoms with E-state index in [1.165, 1.54) is 17.7 Å². The molecular weight excluding hydrogens is 393 g/mol. The van der Waals surface area contributed by atoms with Gasteiger partial charge in [-0.25, -0.2) is 4.39 Å². The molecule has 0 aromatic heterocycles. The predicted octanol–water partition coefficient (Wildman–Crippen LogP) is 6.48. The Morgan fingerprint density at radius 1 is 0.962 bits per heavy atom. The van der Waals surface area contributed by atoms with Gasteiger partial charge >= 0.3 is 0 Å². The van der Waals surface area contributed by atoms with Crippen LogP contribution in [0.1, 0.15) is 23.6 Å². The van der Waals surface area contributed by atoms with Crippen LogP contribution in [-0.4, -0.2) is 6.21 Å². The Morgan fingerprint density at radius 2 is 1.65 bits per heavy atom. The van der Waals surface area contributed by atoms with E-state index in [1.807, 2.05) is 36.5 Å². The van der Waals surface area contributed by atoms with Crippen LogP contribution in [-0.2, 0) is 13.0 Å². The second-order valence-corrected chi connectivity index (χ2v) is 6.74. The van der Waals surface area contributed by atoms with Crippen LogP contribution >= 0.6 is 15.9 Å². The summed E-state index contributed by atoms with van der Waals surface area (Å²) >= 11 is 3.53. The third-order valence-electron chi connectivity index (χ3n) is 3.97. The summed E-state index contributed by atoms with van der Waals surface area (Å²) in [7, 11) is 0. The number of hydrogen-bond acceptors (Lipinski definition) is 2. The van der Waals surface area contributed by atoms with Gasteiger partial charge in [-0.1, -0.05) is 31.2 Å². The molecule has 0 unspecified atom stereocenters. The number of rotatable bonds is 6. The monoisotopic (exact) mass is 411 g/mol. The minimum atomic E-state index is -0.247. The maximum atomic E-state index is 12.9. The van der Waals surface area contributed by atoms with Crippen LogP contribution in [0.2, 0.25) is 0 Å². The van der Waals surface area contributed by atoms with Gasteiger partial charge in [-0.15, -0.1) is 0 Å². The van der Waals surface area contributed by atoms with E-state index in [2.05, 4.69) is 40.0 Å². The normalized spacial score (nSPS) is 11.0. The van der Waals surface area contributed by atoms with Gasteiger partial charge in [-0.2, -0.15) is 0 Å². The summed E-state index contributed by atoms with van der Waals surface area (Å²) in [5.41, 5.74) is 4.12. The zero-order valence-electron chi connectivity index (χ0n) is 14.5. The van der Waals surface area contributed by atoms with E-state index in [0.29, 0.717) is 6.61 Å². The third kappa shape index (κ3) is 5.02. The standard InChI is InChI=1S/C22H19BrFNO/c1-2-16-5-10-20(11-6-16)25-14-18-7-12-22(21(23)13-18)26-15-17-3-8-19(24)9-4-17/h3-14H,2,15H2,1H3. The Balaban J connectivity index is 1.64. The molecule has 0 radical (unpaired) electrons. The van der Waals surface area contributed by atoms with Crippen LogP contribution in [0.4, 0.5) is 10.1 Å². The molecule has 0 spiro atoms. The minimum absolute atomic E-state index is 0.247. The quantitative estimate of drug-likeness (QED) is 0.425. The molecular formula is C22H19BrFNO. The first-order valence-corrected chi connectivity index (χ1v) is 9.23. The molecule has 4 heteroatoms. The van der Waals surface area contributed by atoms with Crippen LogP contribution in [0.25, 0.3) is 0 Å². The SMILES string of the molecule is CCc1ccc(N=Cc2ccc(OCc3ccc(F)cc3)c(Br)c2)cc1. The highest BCUT2D eigenvalue weighted by Gasteiger charge is 2.03. The Bertz CT molecular complexity index is 889. The molecule has 3 aromatic carbocycles. The topological polar surface area (TPSA) is 21.6 Å². The predicted molar refractivity (Wildman–Crippen MR) is 108 cm³/mol. The van der Waals surface area contributed by atoms with Crippen molar-refractivity contribution in [2.75, 3.05) is 0 Å². The van der Waals surface area contributed by atoms with Crippen molar-refractivity contribution in [3.63, 3.8) is 0 Å². The summed E-state index contributed by atoms with van der Waals surface area (Å²) < 4.78 is 19.6. The van der Waals surface area contributed by atoms with Gasteiger partial charge in [0.25, 0.3) is 0 Å². The Kier molecular flexibility index (Phi) is 6.18. The second kappa shape index (κ2) is 8.77. The van der Waals surface area contributed by atoms with Crippen molar-refractivity contribution in [2.24, 2.45) is 4.99 Å². The molecule has 2 nitrogen and oxygen atoms in total. The van der Waals surface area contributed by atoms with Crippen LogP contribution in [0.5, 0.6) is 5.75 Å². The number of nitrogens with zero attached hydrogens (tertiary/aromatic N) is 1. The lowest BCUT2D eigenvalue weighted by atomic mass is 10.1. The molecule has 132 valence electrons. The van der Waals surface area contributed by atoms with E-state index in [9.17, 15) is 4.39 Å². The molecule has 0 amide bonds. The molecule has 0 fully saturated rings. The molecule has 0 bridgehead atoms. The highest BCUT2D eigenvalue weighted by atomic mass is 79.9. The number of aryl methyl sites for hydroxylation is 1. The summed E-state index contributed by atoms with van der Waals surface area (Å²) in [5.74, 6) is 0.488. The van der Waals surface area contributed by atoms with E-state index in [0.717, 1.165) is 33.5 Å². The van der Waals surface area contributed by atoms with E-state index in [4.69, 9.17) is 4.74 Å². The fraction of sp³-hybridized carbons (Fsp3) is 0.136. The van der Waals surface area contributed by atoms with E-state index >= 15 is 0 Å². The van der Waals surface area contributed by atoms with Crippen molar-refractivity contribution in [1.29, 1.82) is 0 Å². The van der Waals surface area contributed by atoms with Crippen molar-refractivity contribution in [2.45, 2.75) is 20.0 Å². The zero-order chi connectivity index (χ0) is 18.4. The van der Waals surface area contributed by atoms with Gasteiger partial charge in [-0.05, 0) is 81.5 Å². The molecule has 0 saturated carbocycles. The molecule has 3 aromatic rings. The van der Waals surface area contributed by atoms with Gasteiger partial charge in [0.15, 0.2) is 0 Å². The van der Waals surface area contributed by atoms with Crippen molar-refractivity contribution < 1.29 is 9.13 Å². The van der Waals surface area contributed by atoms with E-state index in [1.54, 1.807) is 12.1 Å². The van der Waals surface area contributed by atoms with E-state index < -0.39 is 0 Å². The Morgan fingerprint density at radius 3 is 2.31 bits per heavy atom. The largest absolute Gasteiger partial charge is 0.488 e. The number of aliphatic imine (C=N–C) groups is 1. The van der Waals surface area contributed by atoms with Gasteiger partial charge in [-0.3, -0.25) is 4.99 Å². The number of benzene rings is 3. The molecule has 0 aliphatic heterocycles. The zero-order valence-corrected chi connectivity index (χ0v) is 16.0. The van der Waals surface area contributed by atoms with Gasteiger partial charge < -0.3 is 4.74 Å². The maximum Gasteiger partial charge on any atom is 0.134 e. The molecule has 0 saturated heterocycles. The average Bonchev–Trinajstić information content (AvgIpc) is 2.67. The minimum Gasteiger partial charge on any atom is -0.488 e. The first-order valence-electron chi connectivity index (χ1n) is 8.44. The summed E-state index contributed by atoms with van der Waals surface area (Å²) in [4.78, 5) is 4.50. The fourth-order valence-electron chi connectivity index (χ4n) is 2.42. The van der Waals surface area contributed by atoms with Gasteiger partial charge in [0, 0.05) is 6.21 Å². The number of ether oxygens (including phenoxy) is 1. The maximum absolute atomic E-state index is 12.9. The Labute approximate surface area is 161 Å². The van der Waals surface area contributed by atoms with Gasteiger partial charge in [0.05, 0.1) is 10.2 Å². The average molecular weight is 412 g/mol. The molecule has 0 aliphatic rings. The third-order valence-corrected chi connectivity index (χ3v) is 4.59. The van der Waals surface area contributed by atoms with Gasteiger partial charge in [0.2, 0.25) is 0 Å². The molecule has 0 N–H and O–H groups in total. The first kappa shape index (κ1) is 18.3. The summed E-state index contributed by atoms with van der Waals surface area (Å²) in [6.45, 7) is 2.52. The molecule has 0 heterocycles. The molecule has 0 atom stereocenters. The first-order chi connectivity index (χ1) is 12.6. The van der Waals surface area contributed by atoms with Crippen molar-refractivity contribution >= 4 is 27.8 Å². The molecule has 26 heavy (non-hydrogen) atoms. The number of hydrogen-bond donors (Lipinski definition) is 0.